The van der Waals surface area contributed by atoms with Gasteiger partial charge in [-0.2, -0.15) is 0 Å². The number of ether oxygens (including phenoxy) is 1. The highest BCUT2D eigenvalue weighted by Gasteiger charge is 2.38. The number of ketones is 1. The molecule has 1 aliphatic heterocycles. The van der Waals surface area contributed by atoms with Crippen LogP contribution in [0.15, 0.2) is 77.3 Å². The molecular weight excluding hydrogens is 416 g/mol. The summed E-state index contributed by atoms with van der Waals surface area (Å²) in [6.45, 7) is 0. The number of Topliss-reactive ketones (excluding diaryl/α,β-unsaturated/α-hetero) is 1. The molecule has 1 N–H and O–H groups in total. The van der Waals surface area contributed by atoms with Crippen molar-refractivity contribution in [2.75, 3.05) is 24.3 Å². The Hall–Kier alpha value is -2.79. The van der Waals surface area contributed by atoms with E-state index in [1.165, 1.54) is 0 Å². The lowest BCUT2D eigenvalue weighted by Gasteiger charge is -2.34. The van der Waals surface area contributed by atoms with Gasteiger partial charge in [-0.15, -0.1) is 0 Å². The summed E-state index contributed by atoms with van der Waals surface area (Å²) in [7, 11) is 4.00. The summed E-state index contributed by atoms with van der Waals surface area (Å²) in [5.41, 5.74) is 3.55. The van der Waals surface area contributed by atoms with Crippen molar-refractivity contribution in [3.8, 4) is 5.75 Å². The van der Waals surface area contributed by atoms with E-state index < -0.39 is 12.1 Å². The van der Waals surface area contributed by atoms with E-state index in [0.717, 1.165) is 21.4 Å². The van der Waals surface area contributed by atoms with E-state index in [0.29, 0.717) is 11.3 Å². The highest BCUT2D eigenvalue weighted by Crippen LogP contribution is 2.37. The fourth-order valence-electron chi connectivity index (χ4n) is 3.37. The molecular formula is C23H21BrN2O2. The zero-order chi connectivity index (χ0) is 19.7. The van der Waals surface area contributed by atoms with Crippen molar-refractivity contribution in [3.63, 3.8) is 0 Å². The minimum Gasteiger partial charge on any atom is -0.482 e. The van der Waals surface area contributed by atoms with Crippen molar-refractivity contribution < 1.29 is 9.53 Å². The summed E-state index contributed by atoms with van der Waals surface area (Å²) in [4.78, 5) is 15.3. The fraction of sp³-hybridized carbons (Fsp3) is 0.174. The van der Waals surface area contributed by atoms with Crippen molar-refractivity contribution in [1.82, 2.24) is 0 Å². The number of benzene rings is 3. The number of carbonyl (C=O) groups is 1. The lowest BCUT2D eigenvalue weighted by atomic mass is 9.91. The standard InChI is InChI=1S/C23H21BrN2O2/c1-26(2)18-13-11-17(12-14-18)25-21-22(27)19-5-3-4-6-20(19)28-23(21)15-7-9-16(24)10-8-15/h3-14,21,23,25H,1-2H3. The van der Waals surface area contributed by atoms with Gasteiger partial charge in [0, 0.05) is 29.9 Å². The number of carbonyl (C=O) groups excluding carboxylic acids is 1. The molecule has 0 radical (unpaired) electrons. The molecule has 1 heterocycles. The molecule has 2 unspecified atom stereocenters. The molecule has 2 atom stereocenters. The first-order valence-corrected chi connectivity index (χ1v) is 9.91. The van der Waals surface area contributed by atoms with Gasteiger partial charge in [0.2, 0.25) is 0 Å². The number of anilines is 2. The molecule has 0 saturated heterocycles. The van der Waals surface area contributed by atoms with Crippen molar-refractivity contribution >= 4 is 33.1 Å². The second-order valence-electron chi connectivity index (χ2n) is 7.01. The molecule has 142 valence electrons. The fourth-order valence-corrected chi connectivity index (χ4v) is 3.64. The third kappa shape index (κ3) is 3.62. The maximum absolute atomic E-state index is 13.3. The minimum absolute atomic E-state index is 0.0338. The van der Waals surface area contributed by atoms with Crippen LogP contribution in [0.25, 0.3) is 0 Å². The van der Waals surface area contributed by atoms with Crippen LogP contribution in [-0.4, -0.2) is 25.9 Å². The Kier molecular flexibility index (Phi) is 5.09. The molecule has 4 nitrogen and oxygen atoms in total. The summed E-state index contributed by atoms with van der Waals surface area (Å²) in [5.74, 6) is 0.660. The van der Waals surface area contributed by atoms with Crippen molar-refractivity contribution in [1.29, 1.82) is 0 Å². The second kappa shape index (κ2) is 7.68. The van der Waals surface area contributed by atoms with Gasteiger partial charge in [-0.3, -0.25) is 4.79 Å². The quantitative estimate of drug-likeness (QED) is 0.601. The van der Waals surface area contributed by atoms with Crippen LogP contribution in [-0.2, 0) is 0 Å². The number of nitrogens with zero attached hydrogens (tertiary/aromatic N) is 1. The van der Waals surface area contributed by atoms with Crippen LogP contribution in [0.3, 0.4) is 0 Å². The normalized spacial score (nSPS) is 18.2. The average molecular weight is 437 g/mol. The van der Waals surface area contributed by atoms with Crippen LogP contribution in [0.2, 0.25) is 0 Å². The van der Waals surface area contributed by atoms with Gasteiger partial charge in [-0.25, -0.2) is 0 Å². The van der Waals surface area contributed by atoms with E-state index >= 15 is 0 Å². The van der Waals surface area contributed by atoms with Gasteiger partial charge in [0.15, 0.2) is 11.9 Å². The molecule has 3 aromatic rings. The molecule has 0 fully saturated rings. The number of nitrogens with one attached hydrogen (secondary N) is 1. The van der Waals surface area contributed by atoms with Crippen LogP contribution in [0.5, 0.6) is 5.75 Å². The van der Waals surface area contributed by atoms with Gasteiger partial charge < -0.3 is 15.0 Å². The van der Waals surface area contributed by atoms with Crippen LogP contribution in [0.1, 0.15) is 22.0 Å². The lowest BCUT2D eigenvalue weighted by Crippen LogP contribution is -2.42. The Labute approximate surface area is 173 Å². The molecule has 1 aliphatic rings. The molecule has 0 bridgehead atoms. The molecule has 0 spiro atoms. The summed E-state index contributed by atoms with van der Waals surface area (Å²) in [6.07, 6.45) is -0.413. The Balaban J connectivity index is 1.70. The summed E-state index contributed by atoms with van der Waals surface area (Å²) in [6, 6.07) is 22.8. The highest BCUT2D eigenvalue weighted by molar-refractivity contribution is 9.10. The Morgan fingerprint density at radius 2 is 1.61 bits per heavy atom. The first-order chi connectivity index (χ1) is 13.5. The number of rotatable bonds is 4. The van der Waals surface area contributed by atoms with E-state index in [1.54, 1.807) is 0 Å². The second-order valence-corrected chi connectivity index (χ2v) is 7.93. The molecule has 0 aromatic heterocycles. The molecule has 4 rings (SSSR count). The monoisotopic (exact) mass is 436 g/mol. The summed E-state index contributed by atoms with van der Waals surface area (Å²) >= 11 is 3.47. The van der Waals surface area contributed by atoms with Crippen LogP contribution in [0.4, 0.5) is 11.4 Å². The zero-order valence-corrected chi connectivity index (χ0v) is 17.3. The predicted octanol–water partition coefficient (Wildman–Crippen LogP) is 5.31. The van der Waals surface area contributed by atoms with Gasteiger partial charge in [-0.1, -0.05) is 40.2 Å². The van der Waals surface area contributed by atoms with Gasteiger partial charge in [-0.05, 0) is 54.1 Å². The zero-order valence-electron chi connectivity index (χ0n) is 15.7. The first kappa shape index (κ1) is 18.6. The third-order valence-electron chi connectivity index (χ3n) is 4.90. The number of fused-ring (bicyclic) bond motifs is 1. The van der Waals surface area contributed by atoms with E-state index in [2.05, 4.69) is 21.2 Å². The summed E-state index contributed by atoms with van der Waals surface area (Å²) in [5, 5.41) is 3.40. The highest BCUT2D eigenvalue weighted by atomic mass is 79.9. The van der Waals surface area contributed by atoms with Gasteiger partial charge in [0.05, 0.1) is 5.56 Å². The number of halogens is 1. The van der Waals surface area contributed by atoms with Gasteiger partial charge >= 0.3 is 0 Å². The lowest BCUT2D eigenvalue weighted by molar-refractivity contribution is 0.0812. The van der Waals surface area contributed by atoms with Crippen molar-refractivity contribution in [3.05, 3.63) is 88.4 Å². The number of hydrogen-bond acceptors (Lipinski definition) is 4. The number of hydrogen-bond donors (Lipinski definition) is 1. The molecule has 0 aliphatic carbocycles. The molecule has 3 aromatic carbocycles. The van der Waals surface area contributed by atoms with E-state index in [9.17, 15) is 4.79 Å². The van der Waals surface area contributed by atoms with Crippen LogP contribution < -0.4 is 15.0 Å². The minimum atomic E-state index is -0.513. The Bertz CT molecular complexity index is 984. The maximum Gasteiger partial charge on any atom is 0.192 e. The van der Waals surface area contributed by atoms with Gasteiger partial charge in [0.25, 0.3) is 0 Å². The maximum atomic E-state index is 13.3. The molecule has 5 heteroatoms. The largest absolute Gasteiger partial charge is 0.482 e. The topological polar surface area (TPSA) is 41.6 Å². The predicted molar refractivity (Wildman–Crippen MR) is 116 cm³/mol. The van der Waals surface area contributed by atoms with Crippen molar-refractivity contribution in [2.45, 2.75) is 12.1 Å². The van der Waals surface area contributed by atoms with E-state index in [4.69, 9.17) is 4.74 Å². The Morgan fingerprint density at radius 3 is 2.29 bits per heavy atom. The van der Waals surface area contributed by atoms with E-state index in [-0.39, 0.29) is 5.78 Å². The molecule has 0 saturated carbocycles. The van der Waals surface area contributed by atoms with Crippen LogP contribution in [0, 0.1) is 0 Å². The Morgan fingerprint density at radius 1 is 0.929 bits per heavy atom. The summed E-state index contributed by atoms with van der Waals surface area (Å²) < 4.78 is 7.26. The SMILES string of the molecule is CN(C)c1ccc(NC2C(=O)c3ccccc3OC2c2ccc(Br)cc2)cc1. The molecule has 28 heavy (non-hydrogen) atoms. The van der Waals surface area contributed by atoms with Crippen LogP contribution >= 0.6 is 15.9 Å². The van der Waals surface area contributed by atoms with Gasteiger partial charge in [0.1, 0.15) is 11.8 Å². The van der Waals surface area contributed by atoms with Crippen molar-refractivity contribution in [2.24, 2.45) is 0 Å². The smallest absolute Gasteiger partial charge is 0.192 e. The first-order valence-electron chi connectivity index (χ1n) is 9.12. The van der Waals surface area contributed by atoms with E-state index in [1.807, 2.05) is 91.8 Å². The number of para-hydroxylation sites is 1. The third-order valence-corrected chi connectivity index (χ3v) is 5.42. The molecule has 0 amide bonds. The average Bonchev–Trinajstić information content (AvgIpc) is 2.71.